The number of hydrogen-bond acceptors (Lipinski definition) is 2. The number of nitrogens with zero attached hydrogens (tertiary/aromatic N) is 1. The van der Waals surface area contributed by atoms with Crippen molar-refractivity contribution in [2.45, 2.75) is 31.5 Å². The Hall–Kier alpha value is -0.740. The second-order valence-electron chi connectivity index (χ2n) is 4.40. The number of oxime groups is 1. The van der Waals surface area contributed by atoms with Crippen molar-refractivity contribution in [1.29, 1.82) is 0 Å². The van der Waals surface area contributed by atoms with Crippen LogP contribution in [0.3, 0.4) is 0 Å². The SMILES string of the molecule is FC(F)(F)C1=NO[C@@H]2[C@@H]3CC[C@@H](C3)[C@@H]12. The molecule has 2 nitrogen and oxygen atoms in total. The Bertz CT molecular complexity index is 299. The van der Waals surface area contributed by atoms with Crippen molar-refractivity contribution in [3.8, 4) is 0 Å². The maximum atomic E-state index is 12.5. The lowest BCUT2D eigenvalue weighted by atomic mass is 9.83. The summed E-state index contributed by atoms with van der Waals surface area (Å²) in [6.45, 7) is 0. The lowest BCUT2D eigenvalue weighted by Gasteiger charge is -2.23. The summed E-state index contributed by atoms with van der Waals surface area (Å²) in [6, 6.07) is 0. The van der Waals surface area contributed by atoms with Crippen LogP contribution in [0.2, 0.25) is 0 Å². The van der Waals surface area contributed by atoms with Gasteiger partial charge in [0.15, 0.2) is 5.71 Å². The molecule has 14 heavy (non-hydrogen) atoms. The summed E-state index contributed by atoms with van der Waals surface area (Å²) in [7, 11) is 0. The van der Waals surface area contributed by atoms with Crippen molar-refractivity contribution in [3.63, 3.8) is 0 Å². The Morgan fingerprint density at radius 2 is 1.93 bits per heavy atom. The highest BCUT2D eigenvalue weighted by molar-refractivity contribution is 5.93. The minimum atomic E-state index is -4.30. The van der Waals surface area contributed by atoms with Crippen LogP contribution in [0.4, 0.5) is 13.2 Å². The zero-order valence-electron chi connectivity index (χ0n) is 7.42. The smallest absolute Gasteiger partial charge is 0.391 e. The molecule has 2 aliphatic carbocycles. The van der Waals surface area contributed by atoms with Gasteiger partial charge in [-0.2, -0.15) is 13.2 Å². The average Bonchev–Trinajstić information content (AvgIpc) is 2.74. The van der Waals surface area contributed by atoms with E-state index >= 15 is 0 Å². The largest absolute Gasteiger partial charge is 0.433 e. The fraction of sp³-hybridized carbons (Fsp3) is 0.889. The monoisotopic (exact) mass is 205 g/mol. The van der Waals surface area contributed by atoms with Crippen LogP contribution in [-0.4, -0.2) is 18.0 Å². The van der Waals surface area contributed by atoms with Crippen molar-refractivity contribution in [1.82, 2.24) is 0 Å². The first-order valence-corrected chi connectivity index (χ1v) is 4.88. The lowest BCUT2D eigenvalue weighted by Crippen LogP contribution is -2.36. The predicted molar refractivity (Wildman–Crippen MR) is 42.7 cm³/mol. The van der Waals surface area contributed by atoms with E-state index in [0.29, 0.717) is 5.92 Å². The molecule has 2 bridgehead atoms. The third kappa shape index (κ3) is 0.953. The molecular formula is C9H10F3NO. The van der Waals surface area contributed by atoms with Crippen LogP contribution in [0.1, 0.15) is 19.3 Å². The van der Waals surface area contributed by atoms with Gasteiger partial charge in [-0.15, -0.1) is 0 Å². The predicted octanol–water partition coefficient (Wildman–Crippen LogP) is 2.35. The van der Waals surface area contributed by atoms with Gasteiger partial charge in [-0.25, -0.2) is 0 Å². The third-order valence-corrected chi connectivity index (χ3v) is 3.72. The van der Waals surface area contributed by atoms with Crippen molar-refractivity contribution in [2.24, 2.45) is 22.9 Å². The van der Waals surface area contributed by atoms with E-state index in [1.54, 1.807) is 0 Å². The quantitative estimate of drug-likeness (QED) is 0.594. The number of rotatable bonds is 0. The molecule has 4 atom stereocenters. The highest BCUT2D eigenvalue weighted by Crippen LogP contribution is 2.54. The maximum Gasteiger partial charge on any atom is 0.433 e. The van der Waals surface area contributed by atoms with Crippen LogP contribution in [0.25, 0.3) is 0 Å². The lowest BCUT2D eigenvalue weighted by molar-refractivity contribution is -0.0633. The summed E-state index contributed by atoms with van der Waals surface area (Å²) in [5.41, 5.74) is -0.672. The molecule has 1 heterocycles. The Morgan fingerprint density at radius 1 is 1.21 bits per heavy atom. The zero-order valence-corrected chi connectivity index (χ0v) is 7.42. The van der Waals surface area contributed by atoms with Gasteiger partial charge in [-0.05, 0) is 31.1 Å². The summed E-state index contributed by atoms with van der Waals surface area (Å²) in [6.07, 6.45) is -1.77. The summed E-state index contributed by atoms with van der Waals surface area (Å²) >= 11 is 0. The van der Waals surface area contributed by atoms with Crippen molar-refractivity contribution >= 4 is 5.71 Å². The molecule has 0 aromatic heterocycles. The third-order valence-electron chi connectivity index (χ3n) is 3.72. The highest BCUT2D eigenvalue weighted by Gasteiger charge is 2.60. The Balaban J connectivity index is 1.91. The minimum Gasteiger partial charge on any atom is -0.391 e. The Labute approximate surface area is 79.1 Å². The minimum absolute atomic E-state index is 0.160. The van der Waals surface area contributed by atoms with Gasteiger partial charge >= 0.3 is 6.18 Å². The van der Waals surface area contributed by atoms with Crippen LogP contribution >= 0.6 is 0 Å². The van der Waals surface area contributed by atoms with E-state index in [1.165, 1.54) is 0 Å². The zero-order chi connectivity index (χ0) is 9.92. The molecule has 0 aromatic carbocycles. The van der Waals surface area contributed by atoms with E-state index in [0.717, 1.165) is 19.3 Å². The van der Waals surface area contributed by atoms with E-state index in [1.807, 2.05) is 0 Å². The van der Waals surface area contributed by atoms with E-state index in [2.05, 4.69) is 5.16 Å². The molecule has 0 aromatic rings. The molecule has 0 amide bonds. The van der Waals surface area contributed by atoms with E-state index in [4.69, 9.17) is 4.84 Å². The van der Waals surface area contributed by atoms with Crippen LogP contribution < -0.4 is 0 Å². The van der Waals surface area contributed by atoms with Gasteiger partial charge in [-0.1, -0.05) is 5.16 Å². The van der Waals surface area contributed by atoms with E-state index in [9.17, 15) is 13.2 Å². The molecule has 2 saturated carbocycles. The molecule has 1 aliphatic heterocycles. The molecule has 0 saturated heterocycles. The summed E-state index contributed by atoms with van der Waals surface area (Å²) in [4.78, 5) is 4.92. The molecule has 3 rings (SSSR count). The second kappa shape index (κ2) is 2.44. The topological polar surface area (TPSA) is 21.6 Å². The fourth-order valence-corrected chi connectivity index (χ4v) is 3.19. The normalized spacial score (nSPS) is 44.9. The highest BCUT2D eigenvalue weighted by atomic mass is 19.4. The number of halogens is 3. The van der Waals surface area contributed by atoms with Gasteiger partial charge in [0.1, 0.15) is 6.10 Å². The fourth-order valence-electron chi connectivity index (χ4n) is 3.19. The summed E-state index contributed by atoms with van der Waals surface area (Å²) in [5, 5.41) is 3.22. The van der Waals surface area contributed by atoms with Crippen molar-refractivity contribution in [2.75, 3.05) is 0 Å². The molecule has 0 unspecified atom stereocenters. The Kier molecular flexibility index (Phi) is 1.49. The number of alkyl halides is 3. The molecule has 2 fully saturated rings. The summed E-state index contributed by atoms with van der Waals surface area (Å²) in [5.74, 6) is 0.00947. The second-order valence-corrected chi connectivity index (χ2v) is 4.40. The summed E-state index contributed by atoms with van der Waals surface area (Å²) < 4.78 is 37.5. The Morgan fingerprint density at radius 3 is 2.64 bits per heavy atom. The number of fused-ring (bicyclic) bond motifs is 5. The van der Waals surface area contributed by atoms with E-state index in [-0.39, 0.29) is 12.0 Å². The van der Waals surface area contributed by atoms with Crippen LogP contribution in [0, 0.1) is 17.8 Å². The van der Waals surface area contributed by atoms with Gasteiger partial charge in [-0.3, -0.25) is 0 Å². The first-order valence-electron chi connectivity index (χ1n) is 4.88. The van der Waals surface area contributed by atoms with Gasteiger partial charge in [0.25, 0.3) is 0 Å². The number of hydrogen-bond donors (Lipinski definition) is 0. The van der Waals surface area contributed by atoms with Crippen molar-refractivity contribution in [3.05, 3.63) is 0 Å². The first-order chi connectivity index (χ1) is 6.57. The molecule has 5 heteroatoms. The molecule has 0 spiro atoms. The van der Waals surface area contributed by atoms with Gasteiger partial charge in [0.05, 0.1) is 5.92 Å². The molecule has 0 radical (unpaired) electrons. The van der Waals surface area contributed by atoms with Gasteiger partial charge < -0.3 is 4.84 Å². The van der Waals surface area contributed by atoms with Gasteiger partial charge in [0, 0.05) is 0 Å². The van der Waals surface area contributed by atoms with Crippen LogP contribution in [0.15, 0.2) is 5.16 Å². The van der Waals surface area contributed by atoms with Crippen LogP contribution in [-0.2, 0) is 4.84 Å². The maximum absolute atomic E-state index is 12.5. The van der Waals surface area contributed by atoms with Crippen LogP contribution in [0.5, 0.6) is 0 Å². The molecule has 78 valence electrons. The molecule has 3 aliphatic rings. The first kappa shape index (κ1) is 8.56. The van der Waals surface area contributed by atoms with Crippen molar-refractivity contribution < 1.29 is 18.0 Å². The average molecular weight is 205 g/mol. The standard InChI is InChI=1S/C9H10F3NO/c10-9(11,12)8-6-4-1-2-5(3-4)7(6)14-13-8/h4-7H,1-3H2/t4-,5+,6+,7+/m0/s1. The molecule has 0 N–H and O–H groups in total. The molecular weight excluding hydrogens is 195 g/mol. The van der Waals surface area contributed by atoms with E-state index < -0.39 is 17.8 Å². The van der Waals surface area contributed by atoms with Gasteiger partial charge in [0.2, 0.25) is 0 Å².